The summed E-state index contributed by atoms with van der Waals surface area (Å²) in [5.41, 5.74) is 1.27. The minimum Gasteiger partial charge on any atom is -0.351 e. The van der Waals surface area contributed by atoms with E-state index in [1.54, 1.807) is 24.3 Å². The van der Waals surface area contributed by atoms with Crippen LogP contribution in [0.15, 0.2) is 36.4 Å². The first-order valence-corrected chi connectivity index (χ1v) is 8.60. The van der Waals surface area contributed by atoms with Crippen LogP contribution in [-0.2, 0) is 16.1 Å². The van der Waals surface area contributed by atoms with Crippen LogP contribution in [0.3, 0.4) is 0 Å². The van der Waals surface area contributed by atoms with Gasteiger partial charge in [0.2, 0.25) is 11.8 Å². The molecule has 0 aliphatic rings. The lowest BCUT2D eigenvalue weighted by Crippen LogP contribution is -2.45. The molecule has 0 unspecified atom stereocenters. The number of amides is 2. The van der Waals surface area contributed by atoms with Gasteiger partial charge in [-0.25, -0.2) is 4.39 Å². The summed E-state index contributed by atoms with van der Waals surface area (Å²) < 4.78 is 13.7. The summed E-state index contributed by atoms with van der Waals surface area (Å²) in [5, 5.41) is 5.76. The van der Waals surface area contributed by atoms with Crippen molar-refractivity contribution in [3.8, 4) is 0 Å². The van der Waals surface area contributed by atoms with E-state index in [9.17, 15) is 14.0 Å². The van der Waals surface area contributed by atoms with Gasteiger partial charge in [0.05, 0.1) is 10.7 Å². The van der Waals surface area contributed by atoms with Gasteiger partial charge in [0, 0.05) is 12.1 Å². The molecule has 0 saturated carbocycles. The Bertz CT molecular complexity index is 826. The van der Waals surface area contributed by atoms with E-state index < -0.39 is 23.0 Å². The van der Waals surface area contributed by atoms with Crippen LogP contribution in [0.4, 0.5) is 10.1 Å². The van der Waals surface area contributed by atoms with Crippen LogP contribution in [0.1, 0.15) is 30.5 Å². The third kappa shape index (κ3) is 4.41. The average molecular weight is 377 g/mol. The summed E-state index contributed by atoms with van der Waals surface area (Å²) >= 11 is 6.21. The van der Waals surface area contributed by atoms with Gasteiger partial charge >= 0.3 is 0 Å². The predicted molar refractivity (Wildman–Crippen MR) is 102 cm³/mol. The van der Waals surface area contributed by atoms with E-state index in [0.717, 1.165) is 11.1 Å². The predicted octanol–water partition coefficient (Wildman–Crippen LogP) is 4.38. The highest BCUT2D eigenvalue weighted by molar-refractivity contribution is 6.34. The van der Waals surface area contributed by atoms with Gasteiger partial charge in [-0.3, -0.25) is 9.59 Å². The summed E-state index contributed by atoms with van der Waals surface area (Å²) in [6.07, 6.45) is 0. The molecule has 2 amide bonds. The molecular weight excluding hydrogens is 355 g/mol. The van der Waals surface area contributed by atoms with Crippen LogP contribution in [0, 0.1) is 25.1 Å². The lowest BCUT2D eigenvalue weighted by atomic mass is 9.90. The summed E-state index contributed by atoms with van der Waals surface area (Å²) in [5.74, 6) is -1.39. The molecule has 0 radical (unpaired) electrons. The highest BCUT2D eigenvalue weighted by Gasteiger charge is 2.36. The van der Waals surface area contributed by atoms with E-state index in [1.165, 1.54) is 19.9 Å². The Kier molecular flexibility index (Phi) is 6.03. The minimum absolute atomic E-state index is 0.00648. The van der Waals surface area contributed by atoms with E-state index in [4.69, 9.17) is 11.6 Å². The number of carbonyl (C=O) groups excluding carboxylic acids is 2. The number of nitrogens with one attached hydrogen (secondary N) is 2. The second-order valence-electron chi connectivity index (χ2n) is 6.79. The highest BCUT2D eigenvalue weighted by Crippen LogP contribution is 2.29. The smallest absolute Gasteiger partial charge is 0.239 e. The molecule has 6 heteroatoms. The number of hydrogen-bond acceptors (Lipinski definition) is 2. The largest absolute Gasteiger partial charge is 0.351 e. The molecule has 0 atom stereocenters. The van der Waals surface area contributed by atoms with E-state index in [1.807, 2.05) is 19.9 Å². The van der Waals surface area contributed by atoms with E-state index in [0.29, 0.717) is 16.3 Å². The number of hydrogen-bond donors (Lipinski definition) is 2. The fraction of sp³-hybridized carbons (Fsp3) is 0.300. The lowest BCUT2D eigenvalue weighted by Gasteiger charge is -2.24. The topological polar surface area (TPSA) is 58.2 Å². The van der Waals surface area contributed by atoms with Crippen LogP contribution >= 0.6 is 11.6 Å². The first-order valence-electron chi connectivity index (χ1n) is 8.23. The Morgan fingerprint density at radius 2 is 1.77 bits per heavy atom. The number of carbonyl (C=O) groups is 2. The third-order valence-electron chi connectivity index (χ3n) is 4.20. The highest BCUT2D eigenvalue weighted by atomic mass is 35.5. The maximum absolute atomic E-state index is 13.7. The standard InChI is InChI=1S/C20H22ClFN2O2/c1-12-9-13(2)17(15(21)10-12)24-19(26)20(3,4)18(25)23-11-14-7-5-6-8-16(14)22/h5-10H,11H2,1-4H3,(H,23,25)(H,24,26). The van der Waals surface area contributed by atoms with Crippen molar-refractivity contribution in [2.24, 2.45) is 5.41 Å². The quantitative estimate of drug-likeness (QED) is 0.761. The van der Waals surface area contributed by atoms with Gasteiger partial charge in [-0.15, -0.1) is 0 Å². The zero-order chi connectivity index (χ0) is 19.5. The maximum Gasteiger partial charge on any atom is 0.239 e. The molecule has 0 spiro atoms. The maximum atomic E-state index is 13.7. The first-order chi connectivity index (χ1) is 12.1. The average Bonchev–Trinajstić information content (AvgIpc) is 2.56. The molecular formula is C20H22ClFN2O2. The fourth-order valence-corrected chi connectivity index (χ4v) is 2.85. The molecule has 2 N–H and O–H groups in total. The molecule has 0 fully saturated rings. The van der Waals surface area contributed by atoms with Crippen molar-refractivity contribution in [3.63, 3.8) is 0 Å². The zero-order valence-corrected chi connectivity index (χ0v) is 16.0. The molecule has 2 aromatic rings. The van der Waals surface area contributed by atoms with Gasteiger partial charge in [0.15, 0.2) is 0 Å². The summed E-state index contributed by atoms with van der Waals surface area (Å²) in [4.78, 5) is 25.1. The molecule has 0 aliphatic heterocycles. The van der Waals surface area contributed by atoms with Gasteiger partial charge in [0.25, 0.3) is 0 Å². The van der Waals surface area contributed by atoms with Crippen LogP contribution in [0.2, 0.25) is 5.02 Å². The Labute approximate surface area is 157 Å². The molecule has 4 nitrogen and oxygen atoms in total. The molecule has 0 saturated heterocycles. The SMILES string of the molecule is Cc1cc(C)c(NC(=O)C(C)(C)C(=O)NCc2ccccc2F)c(Cl)c1. The normalized spacial score (nSPS) is 11.2. The Morgan fingerprint density at radius 1 is 1.12 bits per heavy atom. The monoisotopic (exact) mass is 376 g/mol. The molecule has 0 bridgehead atoms. The van der Waals surface area contributed by atoms with Crippen molar-refractivity contribution in [3.05, 3.63) is 63.9 Å². The van der Waals surface area contributed by atoms with Crippen LogP contribution < -0.4 is 10.6 Å². The zero-order valence-electron chi connectivity index (χ0n) is 15.2. The second-order valence-corrected chi connectivity index (χ2v) is 7.20. The molecule has 0 heterocycles. The van der Waals surface area contributed by atoms with E-state index >= 15 is 0 Å². The summed E-state index contributed by atoms with van der Waals surface area (Å²) in [6.45, 7) is 6.77. The van der Waals surface area contributed by atoms with Gasteiger partial charge in [-0.1, -0.05) is 35.9 Å². The summed E-state index contributed by atoms with van der Waals surface area (Å²) in [7, 11) is 0. The van der Waals surface area contributed by atoms with Crippen molar-refractivity contribution >= 4 is 29.1 Å². The Balaban J connectivity index is 2.09. The molecule has 26 heavy (non-hydrogen) atoms. The number of halogens is 2. The van der Waals surface area contributed by atoms with Gasteiger partial charge < -0.3 is 10.6 Å². The number of benzene rings is 2. The number of aryl methyl sites for hydroxylation is 2. The third-order valence-corrected chi connectivity index (χ3v) is 4.50. The van der Waals surface area contributed by atoms with Crippen molar-refractivity contribution < 1.29 is 14.0 Å². The van der Waals surface area contributed by atoms with Gasteiger partial charge in [0.1, 0.15) is 11.2 Å². The van der Waals surface area contributed by atoms with E-state index in [-0.39, 0.29) is 6.54 Å². The van der Waals surface area contributed by atoms with Crippen LogP contribution in [0.5, 0.6) is 0 Å². The van der Waals surface area contributed by atoms with E-state index in [2.05, 4.69) is 10.6 Å². The van der Waals surface area contributed by atoms with Crippen molar-refractivity contribution in [2.75, 3.05) is 5.32 Å². The lowest BCUT2D eigenvalue weighted by molar-refractivity contribution is -0.138. The van der Waals surface area contributed by atoms with Crippen LogP contribution in [0.25, 0.3) is 0 Å². The minimum atomic E-state index is -1.36. The van der Waals surface area contributed by atoms with Crippen molar-refractivity contribution in [1.29, 1.82) is 0 Å². The molecule has 0 aromatic heterocycles. The van der Waals surface area contributed by atoms with Crippen LogP contribution in [-0.4, -0.2) is 11.8 Å². The fourth-order valence-electron chi connectivity index (χ4n) is 2.49. The van der Waals surface area contributed by atoms with Gasteiger partial charge in [-0.05, 0) is 51.0 Å². The molecule has 138 valence electrons. The first kappa shape index (κ1) is 19.9. The molecule has 0 aliphatic carbocycles. The van der Waals surface area contributed by atoms with Crippen molar-refractivity contribution in [2.45, 2.75) is 34.2 Å². The number of anilines is 1. The molecule has 2 aromatic carbocycles. The van der Waals surface area contributed by atoms with Gasteiger partial charge in [-0.2, -0.15) is 0 Å². The summed E-state index contributed by atoms with van der Waals surface area (Å²) in [6, 6.07) is 9.80. The number of rotatable bonds is 5. The van der Waals surface area contributed by atoms with Crippen molar-refractivity contribution in [1.82, 2.24) is 5.32 Å². The Morgan fingerprint density at radius 3 is 2.38 bits per heavy atom. The molecule has 2 rings (SSSR count). The Hall–Kier alpha value is -2.40. The second kappa shape index (κ2) is 7.87.